The minimum Gasteiger partial charge on any atom is -0.388 e. The Balaban J connectivity index is 2.15. The van der Waals surface area contributed by atoms with Gasteiger partial charge in [0.15, 0.2) is 0 Å². The number of hydrogen-bond acceptors (Lipinski definition) is 4. The Kier molecular flexibility index (Phi) is 3.81. The summed E-state index contributed by atoms with van der Waals surface area (Å²) in [6, 6.07) is 3.57. The predicted octanol–water partition coefficient (Wildman–Crippen LogP) is 1.28. The fourth-order valence-electron chi connectivity index (χ4n) is 2.05. The van der Waals surface area contributed by atoms with E-state index < -0.39 is 6.10 Å². The summed E-state index contributed by atoms with van der Waals surface area (Å²) in [5.74, 6) is -0.0137. The first kappa shape index (κ1) is 12.5. The van der Waals surface area contributed by atoms with Gasteiger partial charge in [-0.3, -0.25) is 4.79 Å². The lowest BCUT2D eigenvalue weighted by atomic mass is 10.1. The lowest BCUT2D eigenvalue weighted by molar-refractivity contribution is 0.0525. The zero-order valence-electron chi connectivity index (χ0n) is 10.0. The maximum absolute atomic E-state index is 12.3. The van der Waals surface area contributed by atoms with E-state index in [1.165, 1.54) is 11.3 Å². The molecule has 2 heterocycles. The Labute approximate surface area is 105 Å². The fraction of sp³-hybridized carbons (Fsp3) is 0.583. The molecule has 1 saturated heterocycles. The van der Waals surface area contributed by atoms with Gasteiger partial charge >= 0.3 is 0 Å². The second kappa shape index (κ2) is 5.16. The minimum absolute atomic E-state index is 0.0137. The first-order chi connectivity index (χ1) is 8.13. The molecule has 1 aromatic rings. The van der Waals surface area contributed by atoms with Crippen LogP contribution in [0.25, 0.3) is 0 Å². The highest BCUT2D eigenvalue weighted by atomic mass is 32.1. The second-order valence-electron chi connectivity index (χ2n) is 4.17. The van der Waals surface area contributed by atoms with Gasteiger partial charge in [0, 0.05) is 11.4 Å². The lowest BCUT2D eigenvalue weighted by Gasteiger charge is -2.28. The van der Waals surface area contributed by atoms with Gasteiger partial charge in [-0.1, -0.05) is 0 Å². The van der Waals surface area contributed by atoms with Gasteiger partial charge in [-0.05, 0) is 26.0 Å². The molecule has 2 rings (SSSR count). The van der Waals surface area contributed by atoms with Gasteiger partial charge in [-0.2, -0.15) is 0 Å². The number of nitrogens with zero attached hydrogens (tertiary/aromatic N) is 1. The van der Waals surface area contributed by atoms with Crippen molar-refractivity contribution in [2.24, 2.45) is 0 Å². The van der Waals surface area contributed by atoms with Crippen molar-refractivity contribution in [3.05, 3.63) is 21.9 Å². The van der Waals surface area contributed by atoms with Crippen molar-refractivity contribution in [3.63, 3.8) is 0 Å². The Hall–Kier alpha value is -0.910. The molecule has 0 bridgehead atoms. The average molecular weight is 255 g/mol. The Bertz CT molecular complexity index is 404. The van der Waals surface area contributed by atoms with Gasteiger partial charge in [0.1, 0.15) is 0 Å². The SMILES string of the molecule is CCN(C(=O)c1ccc(C)s1)[C@H]1COC[C@@H]1O. The average Bonchev–Trinajstić information content (AvgIpc) is 2.90. The van der Waals surface area contributed by atoms with Crippen LogP contribution in [-0.4, -0.2) is 47.8 Å². The highest BCUT2D eigenvalue weighted by Gasteiger charge is 2.34. The predicted molar refractivity (Wildman–Crippen MR) is 66.4 cm³/mol. The number of hydrogen-bond donors (Lipinski definition) is 1. The Morgan fingerprint density at radius 1 is 1.59 bits per heavy atom. The zero-order valence-corrected chi connectivity index (χ0v) is 10.9. The molecule has 5 heteroatoms. The van der Waals surface area contributed by atoms with E-state index in [1.807, 2.05) is 26.0 Å². The molecule has 0 saturated carbocycles. The van der Waals surface area contributed by atoms with Gasteiger partial charge in [0.2, 0.25) is 0 Å². The zero-order chi connectivity index (χ0) is 12.4. The number of carbonyl (C=O) groups excluding carboxylic acids is 1. The Morgan fingerprint density at radius 2 is 2.35 bits per heavy atom. The summed E-state index contributed by atoms with van der Waals surface area (Å²) in [4.78, 5) is 15.8. The highest BCUT2D eigenvalue weighted by Crippen LogP contribution is 2.21. The summed E-state index contributed by atoms with van der Waals surface area (Å²) in [7, 11) is 0. The molecule has 0 unspecified atom stereocenters. The van der Waals surface area contributed by atoms with E-state index in [-0.39, 0.29) is 11.9 Å². The number of aryl methyl sites for hydroxylation is 1. The number of aliphatic hydroxyl groups is 1. The molecule has 0 aliphatic carbocycles. The molecule has 4 nitrogen and oxygen atoms in total. The molecule has 1 aliphatic heterocycles. The molecular formula is C12H17NO3S. The van der Waals surface area contributed by atoms with Crippen molar-refractivity contribution in [2.75, 3.05) is 19.8 Å². The van der Waals surface area contributed by atoms with Crippen molar-refractivity contribution in [3.8, 4) is 0 Å². The largest absolute Gasteiger partial charge is 0.388 e. The van der Waals surface area contributed by atoms with Crippen LogP contribution >= 0.6 is 11.3 Å². The maximum atomic E-state index is 12.3. The van der Waals surface area contributed by atoms with E-state index in [0.717, 1.165) is 9.75 Å². The summed E-state index contributed by atoms with van der Waals surface area (Å²) < 4.78 is 5.20. The lowest BCUT2D eigenvalue weighted by Crippen LogP contribution is -2.46. The van der Waals surface area contributed by atoms with Crippen molar-refractivity contribution in [1.29, 1.82) is 0 Å². The highest BCUT2D eigenvalue weighted by molar-refractivity contribution is 7.13. The van der Waals surface area contributed by atoms with Gasteiger partial charge in [-0.25, -0.2) is 0 Å². The molecule has 1 aromatic heterocycles. The molecule has 1 fully saturated rings. The van der Waals surface area contributed by atoms with Crippen molar-refractivity contribution < 1.29 is 14.6 Å². The smallest absolute Gasteiger partial charge is 0.264 e. The van der Waals surface area contributed by atoms with E-state index in [1.54, 1.807) is 4.90 Å². The summed E-state index contributed by atoms with van der Waals surface area (Å²) in [6.07, 6.45) is -0.569. The van der Waals surface area contributed by atoms with Crippen LogP contribution in [0.4, 0.5) is 0 Å². The third kappa shape index (κ3) is 2.51. The second-order valence-corrected chi connectivity index (χ2v) is 5.46. The number of ether oxygens (including phenoxy) is 1. The van der Waals surface area contributed by atoms with Crippen LogP contribution in [0.1, 0.15) is 21.5 Å². The first-order valence-corrected chi connectivity index (χ1v) is 6.58. The quantitative estimate of drug-likeness (QED) is 0.885. The van der Waals surface area contributed by atoms with Crippen molar-refractivity contribution >= 4 is 17.2 Å². The molecule has 17 heavy (non-hydrogen) atoms. The minimum atomic E-state index is -0.569. The molecule has 0 spiro atoms. The van der Waals surface area contributed by atoms with Crippen LogP contribution in [0, 0.1) is 6.92 Å². The summed E-state index contributed by atoms with van der Waals surface area (Å²) in [6.45, 7) is 5.22. The van der Waals surface area contributed by atoms with E-state index in [0.29, 0.717) is 19.8 Å². The standard InChI is InChI=1S/C12H17NO3S/c1-3-13(9-6-16-7-10(9)14)12(15)11-5-4-8(2)17-11/h4-5,9-10,14H,3,6-7H2,1-2H3/t9-,10-/m0/s1. The number of thiophene rings is 1. The van der Waals surface area contributed by atoms with E-state index in [9.17, 15) is 9.90 Å². The van der Waals surface area contributed by atoms with E-state index >= 15 is 0 Å². The normalized spacial score (nSPS) is 23.9. The number of likely N-dealkylation sites (N-methyl/N-ethyl adjacent to an activating group) is 1. The van der Waals surface area contributed by atoms with E-state index in [2.05, 4.69) is 0 Å². The molecule has 1 aliphatic rings. The maximum Gasteiger partial charge on any atom is 0.264 e. The van der Waals surface area contributed by atoms with Crippen LogP contribution in [0.2, 0.25) is 0 Å². The molecule has 94 valence electrons. The third-order valence-corrected chi connectivity index (χ3v) is 3.96. The number of amides is 1. The fourth-order valence-corrected chi connectivity index (χ4v) is 2.87. The summed E-state index contributed by atoms with van der Waals surface area (Å²) in [5.41, 5.74) is 0. The van der Waals surface area contributed by atoms with E-state index in [4.69, 9.17) is 4.74 Å². The topological polar surface area (TPSA) is 49.8 Å². The first-order valence-electron chi connectivity index (χ1n) is 5.76. The summed E-state index contributed by atoms with van der Waals surface area (Å²) >= 11 is 1.49. The molecule has 1 amide bonds. The van der Waals surface area contributed by atoms with Crippen LogP contribution < -0.4 is 0 Å². The van der Waals surface area contributed by atoms with Crippen molar-refractivity contribution in [1.82, 2.24) is 4.90 Å². The molecule has 1 N–H and O–H groups in total. The monoisotopic (exact) mass is 255 g/mol. The molecule has 2 atom stereocenters. The van der Waals surface area contributed by atoms with Gasteiger partial charge in [0.25, 0.3) is 5.91 Å². The Morgan fingerprint density at radius 3 is 2.82 bits per heavy atom. The molecular weight excluding hydrogens is 238 g/mol. The van der Waals surface area contributed by atoms with Crippen LogP contribution in [0.5, 0.6) is 0 Å². The van der Waals surface area contributed by atoms with Crippen LogP contribution in [0.3, 0.4) is 0 Å². The molecule has 0 radical (unpaired) electrons. The van der Waals surface area contributed by atoms with Gasteiger partial charge in [0.05, 0.1) is 30.2 Å². The third-order valence-electron chi connectivity index (χ3n) is 2.97. The molecule has 0 aromatic carbocycles. The number of rotatable bonds is 3. The number of carbonyl (C=O) groups is 1. The number of aliphatic hydroxyl groups excluding tert-OH is 1. The van der Waals surface area contributed by atoms with Crippen LogP contribution in [-0.2, 0) is 4.74 Å². The summed E-state index contributed by atoms with van der Waals surface area (Å²) in [5, 5.41) is 9.78. The van der Waals surface area contributed by atoms with Crippen molar-refractivity contribution in [2.45, 2.75) is 26.0 Å². The van der Waals surface area contributed by atoms with Gasteiger partial charge < -0.3 is 14.7 Å². The van der Waals surface area contributed by atoms with Crippen LogP contribution in [0.15, 0.2) is 12.1 Å². The van der Waals surface area contributed by atoms with Gasteiger partial charge in [-0.15, -0.1) is 11.3 Å².